The van der Waals surface area contributed by atoms with Crippen LogP contribution in [-0.4, -0.2) is 45.8 Å². The first kappa shape index (κ1) is 30.6. The molecule has 1 amide bonds. The number of benzene rings is 3. The molecule has 47 heavy (non-hydrogen) atoms. The van der Waals surface area contributed by atoms with E-state index >= 15 is 0 Å². The zero-order valence-electron chi connectivity index (χ0n) is 25.2. The van der Waals surface area contributed by atoms with E-state index in [9.17, 15) is 22.8 Å². The topological polar surface area (TPSA) is 90.3 Å². The van der Waals surface area contributed by atoms with Crippen LogP contribution in [0.3, 0.4) is 0 Å². The lowest BCUT2D eigenvalue weighted by Gasteiger charge is -2.35. The number of carbonyl (C=O) groups is 1. The Labute approximate surface area is 275 Å². The molecule has 1 aliphatic rings. The summed E-state index contributed by atoms with van der Waals surface area (Å²) in [6.07, 6.45) is -0.741. The van der Waals surface area contributed by atoms with Crippen molar-refractivity contribution in [1.82, 2.24) is 33.8 Å². The number of aromatic nitrogens is 6. The van der Waals surface area contributed by atoms with E-state index in [1.807, 2.05) is 54.6 Å². The van der Waals surface area contributed by atoms with Gasteiger partial charge in [0.1, 0.15) is 12.0 Å². The highest BCUT2D eigenvalue weighted by Crippen LogP contribution is 2.36. The number of hydrogen-bond donors (Lipinski definition) is 0. The Morgan fingerprint density at radius 2 is 1.77 bits per heavy atom. The van der Waals surface area contributed by atoms with Gasteiger partial charge in [-0.15, -0.1) is 0 Å². The van der Waals surface area contributed by atoms with Gasteiger partial charge in [-0.1, -0.05) is 46.3 Å². The van der Waals surface area contributed by atoms with Gasteiger partial charge < -0.3 is 4.90 Å². The lowest BCUT2D eigenvalue weighted by atomic mass is 9.97. The second kappa shape index (κ2) is 11.6. The number of nitrogens with zero attached hydrogens (tertiary/aromatic N) is 7. The normalized spacial score (nSPS) is 14.9. The molecule has 0 saturated heterocycles. The minimum absolute atomic E-state index is 0.00309. The van der Waals surface area contributed by atoms with Crippen LogP contribution in [-0.2, 0) is 32.6 Å². The summed E-state index contributed by atoms with van der Waals surface area (Å²) in [7, 11) is 1.80. The average Bonchev–Trinajstić information content (AvgIpc) is 3.67. The standard InChI is InChI=1S/C34H27BrF3N7O2/c1-20-14-26-29(18-43(20)32(46)23-10-13-28(35)27(16-23)34(36,37)38)45-31(24(17-40-45)15-21-6-4-3-5-7-21)44(33(26)47)25-11-8-22(9-12-25)30-39-19-41-42(30)2/h3-13,16-17,19-20H,14-15,18H2,1-2H3/t20-/m1/s1. The van der Waals surface area contributed by atoms with E-state index in [2.05, 4.69) is 26.0 Å². The number of aryl methyl sites for hydroxylation is 1. The Kier molecular flexibility index (Phi) is 7.58. The number of rotatable bonds is 5. The van der Waals surface area contributed by atoms with Crippen LogP contribution in [0.15, 0.2) is 94.6 Å². The molecule has 6 aromatic rings. The first-order valence-corrected chi connectivity index (χ1v) is 15.6. The summed E-state index contributed by atoms with van der Waals surface area (Å²) in [5, 5.41) is 8.86. The van der Waals surface area contributed by atoms with Crippen LogP contribution in [0.1, 0.15) is 45.2 Å². The summed E-state index contributed by atoms with van der Waals surface area (Å²) in [6.45, 7) is 1.79. The monoisotopic (exact) mass is 701 g/mol. The molecule has 1 aliphatic heterocycles. The molecule has 0 bridgehead atoms. The molecule has 13 heteroatoms. The van der Waals surface area contributed by atoms with Crippen LogP contribution >= 0.6 is 15.9 Å². The molecular formula is C34H27BrF3N7O2. The van der Waals surface area contributed by atoms with Crippen molar-refractivity contribution >= 4 is 27.5 Å². The van der Waals surface area contributed by atoms with Gasteiger partial charge >= 0.3 is 6.18 Å². The van der Waals surface area contributed by atoms with E-state index in [0.717, 1.165) is 22.8 Å². The Bertz CT molecular complexity index is 2210. The third-order valence-electron chi connectivity index (χ3n) is 8.56. The Hall–Kier alpha value is -5.04. The third-order valence-corrected chi connectivity index (χ3v) is 9.25. The van der Waals surface area contributed by atoms with Crippen molar-refractivity contribution in [2.24, 2.45) is 7.05 Å². The minimum Gasteiger partial charge on any atom is -0.330 e. The van der Waals surface area contributed by atoms with Crippen molar-refractivity contribution in [3.8, 4) is 17.1 Å². The van der Waals surface area contributed by atoms with E-state index < -0.39 is 23.7 Å². The molecule has 0 radical (unpaired) electrons. The fraction of sp³-hybridized carbons (Fsp3) is 0.206. The molecule has 0 saturated carbocycles. The highest BCUT2D eigenvalue weighted by Gasteiger charge is 2.36. The van der Waals surface area contributed by atoms with E-state index in [-0.39, 0.29) is 28.6 Å². The summed E-state index contributed by atoms with van der Waals surface area (Å²) >= 11 is 2.95. The Morgan fingerprint density at radius 1 is 1.02 bits per heavy atom. The van der Waals surface area contributed by atoms with E-state index in [0.29, 0.717) is 34.8 Å². The summed E-state index contributed by atoms with van der Waals surface area (Å²) in [5.74, 6) is 0.120. The zero-order valence-corrected chi connectivity index (χ0v) is 26.8. The lowest BCUT2D eigenvalue weighted by Crippen LogP contribution is -2.46. The van der Waals surface area contributed by atoms with E-state index in [1.54, 1.807) is 33.9 Å². The summed E-state index contributed by atoms with van der Waals surface area (Å²) in [4.78, 5) is 34.0. The maximum Gasteiger partial charge on any atom is 0.417 e. The number of fused-ring (bicyclic) bond motifs is 3. The van der Waals surface area contributed by atoms with Crippen molar-refractivity contribution in [3.05, 3.63) is 134 Å². The van der Waals surface area contributed by atoms with E-state index in [4.69, 9.17) is 5.10 Å². The van der Waals surface area contributed by atoms with Crippen molar-refractivity contribution < 1.29 is 18.0 Å². The molecule has 0 spiro atoms. The largest absolute Gasteiger partial charge is 0.417 e. The van der Waals surface area contributed by atoms with Crippen molar-refractivity contribution in [3.63, 3.8) is 0 Å². The zero-order chi connectivity index (χ0) is 33.0. The Balaban J connectivity index is 1.36. The highest BCUT2D eigenvalue weighted by atomic mass is 79.9. The Morgan fingerprint density at radius 3 is 2.45 bits per heavy atom. The van der Waals surface area contributed by atoms with Crippen molar-refractivity contribution in [1.29, 1.82) is 0 Å². The smallest absolute Gasteiger partial charge is 0.330 e. The van der Waals surface area contributed by atoms with Gasteiger partial charge in [0, 0.05) is 46.2 Å². The number of alkyl halides is 3. The lowest BCUT2D eigenvalue weighted by molar-refractivity contribution is -0.138. The summed E-state index contributed by atoms with van der Waals surface area (Å²) in [6, 6.07) is 20.3. The van der Waals surface area contributed by atoms with E-state index in [1.165, 1.54) is 23.4 Å². The number of carbonyl (C=O) groups excluding carboxylic acids is 1. The maximum absolute atomic E-state index is 14.4. The molecule has 1 atom stereocenters. The molecule has 3 aromatic heterocycles. The van der Waals surface area contributed by atoms with Crippen LogP contribution in [0.5, 0.6) is 0 Å². The molecule has 3 aromatic carbocycles. The maximum atomic E-state index is 14.4. The molecule has 238 valence electrons. The van der Waals surface area contributed by atoms with Gasteiger partial charge in [0.25, 0.3) is 11.5 Å². The van der Waals surface area contributed by atoms with Gasteiger partial charge in [-0.2, -0.15) is 23.4 Å². The van der Waals surface area contributed by atoms with Gasteiger partial charge in [0.15, 0.2) is 5.82 Å². The van der Waals surface area contributed by atoms with Crippen LogP contribution in [0.4, 0.5) is 13.2 Å². The summed E-state index contributed by atoms with van der Waals surface area (Å²) in [5.41, 5.74) is 3.59. The quantitative estimate of drug-likeness (QED) is 0.212. The van der Waals surface area contributed by atoms with Crippen molar-refractivity contribution in [2.75, 3.05) is 0 Å². The molecule has 0 N–H and O–H groups in total. The fourth-order valence-electron chi connectivity index (χ4n) is 6.19. The second-order valence-electron chi connectivity index (χ2n) is 11.6. The molecular weight excluding hydrogens is 675 g/mol. The molecule has 7 rings (SSSR count). The predicted molar refractivity (Wildman–Crippen MR) is 172 cm³/mol. The first-order valence-electron chi connectivity index (χ1n) is 14.8. The van der Waals surface area contributed by atoms with Crippen LogP contribution in [0, 0.1) is 0 Å². The predicted octanol–water partition coefficient (Wildman–Crippen LogP) is 6.24. The van der Waals surface area contributed by atoms with Crippen molar-refractivity contribution in [2.45, 2.75) is 38.5 Å². The van der Waals surface area contributed by atoms with Crippen LogP contribution in [0.25, 0.3) is 22.7 Å². The molecule has 9 nitrogen and oxygen atoms in total. The number of hydrogen-bond acceptors (Lipinski definition) is 5. The van der Waals surface area contributed by atoms with Gasteiger partial charge in [0.2, 0.25) is 0 Å². The summed E-state index contributed by atoms with van der Waals surface area (Å²) < 4.78 is 45.9. The van der Waals surface area contributed by atoms with Gasteiger partial charge in [-0.05, 0) is 61.4 Å². The molecule has 4 heterocycles. The van der Waals surface area contributed by atoms with Crippen LogP contribution < -0.4 is 5.56 Å². The molecule has 0 unspecified atom stereocenters. The van der Waals surface area contributed by atoms with Gasteiger partial charge in [-0.3, -0.25) is 14.2 Å². The second-order valence-corrected chi connectivity index (χ2v) is 12.4. The highest BCUT2D eigenvalue weighted by molar-refractivity contribution is 9.10. The number of amides is 1. The minimum atomic E-state index is -4.64. The third kappa shape index (κ3) is 5.43. The molecule has 0 fully saturated rings. The SMILES string of the molecule is C[C@@H]1Cc2c(n3ncc(Cc4ccccc4)c3n(-c3ccc(-c4ncnn4C)cc3)c2=O)CN1C(=O)c1ccc(Br)c(C(F)(F)F)c1. The average molecular weight is 703 g/mol. The molecule has 0 aliphatic carbocycles. The van der Waals surface area contributed by atoms with Gasteiger partial charge in [-0.25, -0.2) is 14.2 Å². The van der Waals surface area contributed by atoms with Crippen LogP contribution in [0.2, 0.25) is 0 Å². The fourth-order valence-corrected chi connectivity index (χ4v) is 6.67. The number of halogens is 4. The van der Waals surface area contributed by atoms with Gasteiger partial charge in [0.05, 0.1) is 29.7 Å². The first-order chi connectivity index (χ1) is 22.5.